The molecule has 2 rings (SSSR count). The van der Waals surface area contributed by atoms with Crippen molar-refractivity contribution in [1.29, 1.82) is 5.26 Å². The Morgan fingerprint density at radius 2 is 2.29 bits per heavy atom. The zero-order valence-electron chi connectivity index (χ0n) is 14.0. The number of halogens is 1. The minimum atomic E-state index is -0.960. The van der Waals surface area contributed by atoms with Crippen LogP contribution in [0.1, 0.15) is 50.0 Å². The predicted octanol–water partition coefficient (Wildman–Crippen LogP) is 3.25. The smallest absolute Gasteiger partial charge is 0.407 e. The van der Waals surface area contributed by atoms with Crippen LogP contribution >= 0.6 is 11.6 Å². The fourth-order valence-corrected chi connectivity index (χ4v) is 2.95. The Morgan fingerprint density at radius 3 is 2.92 bits per heavy atom. The highest BCUT2D eigenvalue weighted by Gasteiger charge is 2.27. The van der Waals surface area contributed by atoms with E-state index < -0.39 is 17.8 Å². The third-order valence-corrected chi connectivity index (χ3v) is 3.78. The summed E-state index contributed by atoms with van der Waals surface area (Å²) in [4.78, 5) is 11.9. The monoisotopic (exact) mass is 352 g/mol. The van der Waals surface area contributed by atoms with Crippen molar-refractivity contribution in [3.05, 3.63) is 27.8 Å². The molecule has 0 radical (unpaired) electrons. The van der Waals surface area contributed by atoms with Crippen molar-refractivity contribution in [1.82, 2.24) is 5.32 Å². The molecule has 6 nitrogen and oxygen atoms in total. The van der Waals surface area contributed by atoms with Crippen molar-refractivity contribution in [3.63, 3.8) is 0 Å². The van der Waals surface area contributed by atoms with Gasteiger partial charge in [-0.15, -0.1) is 0 Å². The Bertz CT molecular complexity index is 677. The molecule has 0 bridgehead atoms. The average molecular weight is 353 g/mol. The number of nitrogens with zero attached hydrogens (tertiary/aromatic N) is 1. The summed E-state index contributed by atoms with van der Waals surface area (Å²) in [7, 11) is 0. The Morgan fingerprint density at radius 1 is 1.58 bits per heavy atom. The lowest BCUT2D eigenvalue weighted by Crippen LogP contribution is -2.32. The van der Waals surface area contributed by atoms with E-state index in [0.717, 1.165) is 5.56 Å². The fraction of sp³-hybridized carbons (Fsp3) is 0.529. The van der Waals surface area contributed by atoms with Crippen LogP contribution in [0, 0.1) is 11.3 Å². The average Bonchev–Trinajstić information content (AvgIpc) is 2.93. The Hall–Kier alpha value is -1.97. The van der Waals surface area contributed by atoms with E-state index in [1.54, 1.807) is 26.8 Å². The van der Waals surface area contributed by atoms with E-state index >= 15 is 0 Å². The number of alkyl carbamates (subject to hydrolysis) is 1. The van der Waals surface area contributed by atoms with Crippen molar-refractivity contribution in [2.75, 3.05) is 6.61 Å². The second kappa shape index (κ2) is 7.29. The molecule has 0 aromatic heterocycles. The number of ether oxygens (including phenoxy) is 2. The molecule has 0 fully saturated rings. The van der Waals surface area contributed by atoms with Gasteiger partial charge in [-0.3, -0.25) is 0 Å². The van der Waals surface area contributed by atoms with E-state index in [2.05, 4.69) is 5.32 Å². The highest BCUT2D eigenvalue weighted by molar-refractivity contribution is 6.32. The van der Waals surface area contributed by atoms with Gasteiger partial charge in [0, 0.05) is 18.5 Å². The van der Waals surface area contributed by atoms with E-state index in [1.807, 2.05) is 6.07 Å². The van der Waals surface area contributed by atoms with Crippen LogP contribution in [-0.4, -0.2) is 23.4 Å². The van der Waals surface area contributed by atoms with Crippen LogP contribution in [-0.2, 0) is 17.7 Å². The first kappa shape index (κ1) is 18.4. The summed E-state index contributed by atoms with van der Waals surface area (Å²) in [5.41, 5.74) is 1.45. The number of carbonyl (C=O) groups is 1. The molecule has 130 valence electrons. The second-order valence-corrected chi connectivity index (χ2v) is 6.98. The lowest BCUT2D eigenvalue weighted by atomic mass is 9.93. The summed E-state index contributed by atoms with van der Waals surface area (Å²) < 4.78 is 10.7. The summed E-state index contributed by atoms with van der Waals surface area (Å²) in [5, 5.41) is 22.3. The molecule has 1 aliphatic heterocycles. The van der Waals surface area contributed by atoms with Gasteiger partial charge in [-0.1, -0.05) is 11.6 Å². The molecule has 7 heteroatoms. The largest absolute Gasteiger partial charge is 0.491 e. The third kappa shape index (κ3) is 4.31. The lowest BCUT2D eigenvalue weighted by molar-refractivity contribution is 0.0522. The first-order valence-electron chi connectivity index (χ1n) is 7.71. The summed E-state index contributed by atoms with van der Waals surface area (Å²) in [5.74, 6) is 0.546. The second-order valence-electron chi connectivity index (χ2n) is 6.57. The molecule has 24 heavy (non-hydrogen) atoms. The minimum Gasteiger partial charge on any atom is -0.491 e. The van der Waals surface area contributed by atoms with E-state index in [9.17, 15) is 9.90 Å². The van der Waals surface area contributed by atoms with Gasteiger partial charge in [0.1, 0.15) is 11.4 Å². The minimum absolute atomic E-state index is 0.0481. The lowest BCUT2D eigenvalue weighted by Gasteiger charge is -2.21. The van der Waals surface area contributed by atoms with Crippen LogP contribution < -0.4 is 10.1 Å². The molecule has 1 amide bonds. The standard InChI is InChI=1S/C17H21ClN2O4/c1-17(2,3)24-16(22)20-9-10-8-12(18)15-11(5-7-23-15)14(10)13(21)4-6-19/h8,13,21H,4-5,7,9H2,1-3H3,(H,20,22). The predicted molar refractivity (Wildman–Crippen MR) is 88.9 cm³/mol. The summed E-state index contributed by atoms with van der Waals surface area (Å²) >= 11 is 6.23. The highest BCUT2D eigenvalue weighted by Crippen LogP contribution is 2.41. The number of nitriles is 1. The summed E-state index contributed by atoms with van der Waals surface area (Å²) in [6, 6.07) is 3.61. The first-order chi connectivity index (χ1) is 11.2. The van der Waals surface area contributed by atoms with E-state index in [0.29, 0.717) is 34.9 Å². The number of rotatable bonds is 4. The van der Waals surface area contributed by atoms with Crippen LogP contribution in [0.4, 0.5) is 4.79 Å². The number of aliphatic hydroxyl groups is 1. The molecule has 0 saturated heterocycles. The van der Waals surface area contributed by atoms with E-state index in [1.165, 1.54) is 0 Å². The zero-order valence-corrected chi connectivity index (χ0v) is 14.7. The number of carbonyl (C=O) groups excluding carboxylic acids is 1. The normalized spacial score (nSPS) is 14.3. The van der Waals surface area contributed by atoms with Crippen molar-refractivity contribution >= 4 is 17.7 Å². The molecule has 1 atom stereocenters. The van der Waals surface area contributed by atoms with Gasteiger partial charge in [-0.05, 0) is 38.0 Å². The van der Waals surface area contributed by atoms with Crippen LogP contribution in [0.25, 0.3) is 0 Å². The SMILES string of the molecule is CC(C)(C)OC(=O)NCc1cc(Cl)c2c(c1C(O)CC#N)CCO2. The van der Waals surface area contributed by atoms with Crippen molar-refractivity contribution in [2.45, 2.75) is 51.9 Å². The van der Waals surface area contributed by atoms with E-state index in [4.69, 9.17) is 26.3 Å². The molecule has 1 heterocycles. The van der Waals surface area contributed by atoms with Crippen LogP contribution in [0.2, 0.25) is 5.02 Å². The van der Waals surface area contributed by atoms with Crippen LogP contribution in [0.5, 0.6) is 5.75 Å². The van der Waals surface area contributed by atoms with Gasteiger partial charge in [0.2, 0.25) is 0 Å². The Balaban J connectivity index is 2.27. The van der Waals surface area contributed by atoms with Crippen molar-refractivity contribution in [3.8, 4) is 11.8 Å². The van der Waals surface area contributed by atoms with Crippen LogP contribution in [0.3, 0.4) is 0 Å². The first-order valence-corrected chi connectivity index (χ1v) is 8.09. The molecular formula is C17H21ClN2O4. The van der Waals surface area contributed by atoms with Gasteiger partial charge < -0.3 is 19.9 Å². The quantitative estimate of drug-likeness (QED) is 0.867. The Kier molecular flexibility index (Phi) is 5.58. The number of benzene rings is 1. The molecule has 0 saturated carbocycles. The summed E-state index contributed by atoms with van der Waals surface area (Å²) in [6.45, 7) is 5.94. The number of aliphatic hydroxyl groups excluding tert-OH is 1. The number of hydrogen-bond acceptors (Lipinski definition) is 5. The Labute approximate surface area is 146 Å². The van der Waals surface area contributed by atoms with Gasteiger partial charge in [0.15, 0.2) is 0 Å². The number of nitrogens with one attached hydrogen (secondary N) is 1. The molecule has 1 aromatic rings. The zero-order chi connectivity index (χ0) is 17.9. The number of amides is 1. The number of fused-ring (bicyclic) bond motifs is 1. The molecular weight excluding hydrogens is 332 g/mol. The fourth-order valence-electron chi connectivity index (χ4n) is 2.65. The molecule has 2 N–H and O–H groups in total. The summed E-state index contributed by atoms with van der Waals surface area (Å²) in [6.07, 6.45) is -0.963. The van der Waals surface area contributed by atoms with Crippen molar-refractivity contribution in [2.24, 2.45) is 0 Å². The van der Waals surface area contributed by atoms with Crippen LogP contribution in [0.15, 0.2) is 6.07 Å². The molecule has 0 spiro atoms. The molecule has 1 unspecified atom stereocenters. The third-order valence-electron chi connectivity index (χ3n) is 3.50. The molecule has 1 aromatic carbocycles. The molecule has 1 aliphatic rings. The van der Waals surface area contributed by atoms with Gasteiger partial charge in [0.25, 0.3) is 0 Å². The number of hydrogen-bond donors (Lipinski definition) is 2. The highest BCUT2D eigenvalue weighted by atomic mass is 35.5. The topological polar surface area (TPSA) is 91.6 Å². The van der Waals surface area contributed by atoms with E-state index in [-0.39, 0.29) is 13.0 Å². The van der Waals surface area contributed by atoms with Gasteiger partial charge in [0.05, 0.1) is 30.2 Å². The maximum atomic E-state index is 11.9. The van der Waals surface area contributed by atoms with Gasteiger partial charge in [-0.25, -0.2) is 4.79 Å². The maximum absolute atomic E-state index is 11.9. The van der Waals surface area contributed by atoms with Crippen molar-refractivity contribution < 1.29 is 19.4 Å². The maximum Gasteiger partial charge on any atom is 0.407 e. The van der Waals surface area contributed by atoms with Gasteiger partial charge >= 0.3 is 6.09 Å². The van der Waals surface area contributed by atoms with Gasteiger partial charge in [-0.2, -0.15) is 5.26 Å². The molecule has 0 aliphatic carbocycles.